The summed E-state index contributed by atoms with van der Waals surface area (Å²) in [4.78, 5) is 6.30. The topological polar surface area (TPSA) is 51.4 Å². The minimum absolute atomic E-state index is 0.160. The van der Waals surface area contributed by atoms with E-state index in [9.17, 15) is 4.39 Å². The normalized spacial score (nSPS) is 19.9. The van der Waals surface area contributed by atoms with Gasteiger partial charge in [-0.05, 0) is 12.1 Å². The number of rotatable bonds is 3. The molecule has 1 aromatic carbocycles. The summed E-state index contributed by atoms with van der Waals surface area (Å²) in [5, 5.41) is 4.36. The second kappa shape index (κ2) is 6.09. The Bertz CT molecular complexity index is 614. The number of nitrogens with zero attached hydrogens (tertiary/aromatic N) is 3. The van der Waals surface area contributed by atoms with E-state index in [4.69, 9.17) is 20.9 Å². The number of ether oxygens (including phenoxy) is 1. The van der Waals surface area contributed by atoms with Gasteiger partial charge in [-0.1, -0.05) is 22.8 Å². The Morgan fingerprint density at radius 3 is 3.05 bits per heavy atom. The Morgan fingerprint density at radius 2 is 2.33 bits per heavy atom. The molecule has 1 saturated heterocycles. The van der Waals surface area contributed by atoms with E-state index >= 15 is 0 Å². The van der Waals surface area contributed by atoms with E-state index in [1.165, 1.54) is 6.07 Å². The predicted molar refractivity (Wildman–Crippen MR) is 74.4 cm³/mol. The van der Waals surface area contributed by atoms with Crippen LogP contribution in [0.4, 0.5) is 4.39 Å². The summed E-state index contributed by atoms with van der Waals surface area (Å²) in [7, 11) is 0. The number of hydrogen-bond acceptors (Lipinski definition) is 5. The molecule has 1 fully saturated rings. The first-order valence-corrected chi connectivity index (χ1v) is 7.08. The number of hydrogen-bond donors (Lipinski definition) is 0. The Balaban J connectivity index is 1.85. The van der Waals surface area contributed by atoms with Gasteiger partial charge in [0.15, 0.2) is 5.82 Å². The van der Waals surface area contributed by atoms with Crippen molar-refractivity contribution in [2.75, 3.05) is 19.8 Å². The SMILES string of the molecule is Cc1nc([C@H]2COCCN2Cc2c(F)cccc2Cl)no1. The molecular formula is C14H15ClFN3O2. The zero-order chi connectivity index (χ0) is 14.8. The highest BCUT2D eigenvalue weighted by Crippen LogP contribution is 2.27. The third-order valence-electron chi connectivity index (χ3n) is 3.50. The fourth-order valence-corrected chi connectivity index (χ4v) is 2.62. The summed E-state index contributed by atoms with van der Waals surface area (Å²) in [6.45, 7) is 3.80. The molecule has 1 atom stereocenters. The first kappa shape index (κ1) is 14.4. The first-order valence-electron chi connectivity index (χ1n) is 6.70. The highest BCUT2D eigenvalue weighted by Gasteiger charge is 2.29. The van der Waals surface area contributed by atoms with Crippen LogP contribution in [0.1, 0.15) is 23.3 Å². The number of aryl methyl sites for hydroxylation is 1. The number of halogens is 2. The molecule has 112 valence electrons. The van der Waals surface area contributed by atoms with Gasteiger partial charge in [0.05, 0.1) is 19.3 Å². The predicted octanol–water partition coefficient (Wildman–Crippen LogP) is 2.74. The lowest BCUT2D eigenvalue weighted by Gasteiger charge is -2.33. The van der Waals surface area contributed by atoms with Crippen molar-refractivity contribution < 1.29 is 13.7 Å². The Kier molecular flexibility index (Phi) is 4.19. The Labute approximate surface area is 126 Å². The molecule has 1 aromatic heterocycles. The average Bonchev–Trinajstić information content (AvgIpc) is 2.90. The van der Waals surface area contributed by atoms with Crippen molar-refractivity contribution in [3.63, 3.8) is 0 Å². The summed E-state index contributed by atoms with van der Waals surface area (Å²) in [6.07, 6.45) is 0. The molecule has 0 unspecified atom stereocenters. The molecule has 0 radical (unpaired) electrons. The van der Waals surface area contributed by atoms with Crippen molar-refractivity contribution in [1.82, 2.24) is 15.0 Å². The van der Waals surface area contributed by atoms with Crippen molar-refractivity contribution in [2.24, 2.45) is 0 Å². The molecule has 0 saturated carbocycles. The molecule has 5 nitrogen and oxygen atoms in total. The zero-order valence-corrected chi connectivity index (χ0v) is 12.3. The van der Waals surface area contributed by atoms with Crippen LogP contribution in [0.2, 0.25) is 5.02 Å². The van der Waals surface area contributed by atoms with Gasteiger partial charge in [0, 0.05) is 30.6 Å². The average molecular weight is 312 g/mol. The van der Waals surface area contributed by atoms with E-state index in [2.05, 4.69) is 15.0 Å². The lowest BCUT2D eigenvalue weighted by atomic mass is 10.1. The highest BCUT2D eigenvalue weighted by molar-refractivity contribution is 6.31. The van der Waals surface area contributed by atoms with Gasteiger partial charge in [0.25, 0.3) is 0 Å². The maximum absolute atomic E-state index is 13.9. The van der Waals surface area contributed by atoms with Gasteiger partial charge in [-0.15, -0.1) is 0 Å². The molecule has 0 spiro atoms. The fourth-order valence-electron chi connectivity index (χ4n) is 2.40. The van der Waals surface area contributed by atoms with E-state index in [0.717, 1.165) is 0 Å². The van der Waals surface area contributed by atoms with Crippen molar-refractivity contribution in [2.45, 2.75) is 19.5 Å². The van der Waals surface area contributed by atoms with E-state index in [1.54, 1.807) is 19.1 Å². The molecule has 21 heavy (non-hydrogen) atoms. The lowest BCUT2D eigenvalue weighted by Crippen LogP contribution is -2.39. The van der Waals surface area contributed by atoms with Crippen LogP contribution in [0, 0.1) is 12.7 Å². The van der Waals surface area contributed by atoms with Crippen LogP contribution in [0.25, 0.3) is 0 Å². The van der Waals surface area contributed by atoms with Crippen LogP contribution < -0.4 is 0 Å². The largest absolute Gasteiger partial charge is 0.378 e. The summed E-state index contributed by atoms with van der Waals surface area (Å²) in [6, 6.07) is 4.54. The second-order valence-corrected chi connectivity index (χ2v) is 5.34. The van der Waals surface area contributed by atoms with Crippen LogP contribution in [-0.4, -0.2) is 34.8 Å². The standard InChI is InChI=1S/C14H15ClFN3O2/c1-9-17-14(18-21-9)13-8-20-6-5-19(13)7-10-11(15)3-2-4-12(10)16/h2-4,13H,5-8H2,1H3/t13-/m1/s1. The van der Waals surface area contributed by atoms with Crippen LogP contribution in [-0.2, 0) is 11.3 Å². The van der Waals surface area contributed by atoms with Gasteiger partial charge in [-0.25, -0.2) is 4.39 Å². The van der Waals surface area contributed by atoms with Gasteiger partial charge < -0.3 is 9.26 Å². The summed E-state index contributed by atoms with van der Waals surface area (Å²) in [5.41, 5.74) is 0.478. The maximum Gasteiger partial charge on any atom is 0.223 e. The molecule has 2 aromatic rings. The van der Waals surface area contributed by atoms with Crippen LogP contribution in [0.5, 0.6) is 0 Å². The molecule has 0 bridgehead atoms. The monoisotopic (exact) mass is 311 g/mol. The summed E-state index contributed by atoms with van der Waals surface area (Å²) in [5.74, 6) is 0.746. The molecule has 1 aliphatic heterocycles. The molecule has 0 amide bonds. The molecule has 2 heterocycles. The minimum atomic E-state index is -0.308. The zero-order valence-electron chi connectivity index (χ0n) is 11.6. The van der Waals surface area contributed by atoms with Crippen molar-refractivity contribution >= 4 is 11.6 Å². The number of benzene rings is 1. The third kappa shape index (κ3) is 3.07. The molecule has 7 heteroatoms. The molecule has 0 N–H and O–H groups in total. The Morgan fingerprint density at radius 1 is 1.48 bits per heavy atom. The second-order valence-electron chi connectivity index (χ2n) is 4.93. The number of morpholine rings is 1. The molecule has 0 aliphatic carbocycles. The van der Waals surface area contributed by atoms with Crippen molar-refractivity contribution in [1.29, 1.82) is 0 Å². The van der Waals surface area contributed by atoms with Crippen molar-refractivity contribution in [3.8, 4) is 0 Å². The quantitative estimate of drug-likeness (QED) is 0.872. The third-order valence-corrected chi connectivity index (χ3v) is 3.86. The minimum Gasteiger partial charge on any atom is -0.378 e. The summed E-state index contributed by atoms with van der Waals surface area (Å²) >= 11 is 6.10. The van der Waals surface area contributed by atoms with Gasteiger partial charge >= 0.3 is 0 Å². The first-order chi connectivity index (χ1) is 10.1. The summed E-state index contributed by atoms with van der Waals surface area (Å²) < 4.78 is 24.5. The van der Waals surface area contributed by atoms with Crippen LogP contribution in [0.15, 0.2) is 22.7 Å². The fraction of sp³-hybridized carbons (Fsp3) is 0.429. The van der Waals surface area contributed by atoms with E-state index in [0.29, 0.717) is 48.6 Å². The van der Waals surface area contributed by atoms with Gasteiger partial charge in [0.2, 0.25) is 5.89 Å². The van der Waals surface area contributed by atoms with Crippen molar-refractivity contribution in [3.05, 3.63) is 46.3 Å². The lowest BCUT2D eigenvalue weighted by molar-refractivity contribution is -0.0170. The Hall–Kier alpha value is -1.50. The molecular weight excluding hydrogens is 297 g/mol. The molecule has 3 rings (SSSR count). The van der Waals surface area contributed by atoms with Gasteiger partial charge in [0.1, 0.15) is 5.82 Å². The van der Waals surface area contributed by atoms with Crippen LogP contribution in [0.3, 0.4) is 0 Å². The smallest absolute Gasteiger partial charge is 0.223 e. The van der Waals surface area contributed by atoms with Gasteiger partial charge in [-0.3, -0.25) is 4.90 Å². The van der Waals surface area contributed by atoms with E-state index in [1.807, 2.05) is 0 Å². The molecule has 1 aliphatic rings. The van der Waals surface area contributed by atoms with E-state index in [-0.39, 0.29) is 11.9 Å². The van der Waals surface area contributed by atoms with Gasteiger partial charge in [-0.2, -0.15) is 4.98 Å². The maximum atomic E-state index is 13.9. The number of aromatic nitrogens is 2. The highest BCUT2D eigenvalue weighted by atomic mass is 35.5. The van der Waals surface area contributed by atoms with E-state index < -0.39 is 0 Å². The van der Waals surface area contributed by atoms with Crippen LogP contribution >= 0.6 is 11.6 Å².